The van der Waals surface area contributed by atoms with Crippen LogP contribution in [0.15, 0.2) is 19.6 Å². The van der Waals surface area contributed by atoms with E-state index < -0.39 is 0 Å². The van der Waals surface area contributed by atoms with Gasteiger partial charge in [-0.05, 0) is 45.2 Å². The molecule has 2 aromatic rings. The molecule has 0 saturated heterocycles. The lowest BCUT2D eigenvalue weighted by molar-refractivity contribution is 0.549. The molecular formula is C11H11Br2N3O. The highest BCUT2D eigenvalue weighted by atomic mass is 79.9. The van der Waals surface area contributed by atoms with E-state index >= 15 is 0 Å². The Morgan fingerprint density at radius 2 is 2.06 bits per heavy atom. The first kappa shape index (κ1) is 12.6. The SMILES string of the molecule is CCc1c(C)nc(-c2cc(Br)c(Br)o2)nc1N. The number of nitrogens with two attached hydrogens (primary N) is 1. The first-order valence-electron chi connectivity index (χ1n) is 5.11. The molecule has 0 saturated carbocycles. The van der Waals surface area contributed by atoms with Crippen LogP contribution >= 0.6 is 31.9 Å². The number of aryl methyl sites for hydroxylation is 1. The average Bonchev–Trinajstić information content (AvgIpc) is 2.59. The molecule has 0 radical (unpaired) electrons. The maximum Gasteiger partial charge on any atom is 0.197 e. The molecule has 6 heteroatoms. The molecule has 0 spiro atoms. The second kappa shape index (κ2) is 4.78. The Kier molecular flexibility index (Phi) is 3.53. The number of rotatable bonds is 2. The van der Waals surface area contributed by atoms with Gasteiger partial charge in [0.15, 0.2) is 16.3 Å². The fourth-order valence-corrected chi connectivity index (χ4v) is 2.20. The monoisotopic (exact) mass is 359 g/mol. The van der Waals surface area contributed by atoms with Crippen LogP contribution in [0.5, 0.6) is 0 Å². The molecule has 2 rings (SSSR count). The van der Waals surface area contributed by atoms with Gasteiger partial charge >= 0.3 is 0 Å². The van der Waals surface area contributed by atoms with Crippen LogP contribution in [0.2, 0.25) is 0 Å². The molecule has 0 aliphatic rings. The number of nitrogen functional groups attached to an aromatic ring is 1. The summed E-state index contributed by atoms with van der Waals surface area (Å²) >= 11 is 6.63. The van der Waals surface area contributed by atoms with Crippen molar-refractivity contribution < 1.29 is 4.42 Å². The summed E-state index contributed by atoms with van der Waals surface area (Å²) in [6.07, 6.45) is 0.823. The normalized spacial score (nSPS) is 10.8. The van der Waals surface area contributed by atoms with Gasteiger partial charge < -0.3 is 10.2 Å². The first-order chi connectivity index (χ1) is 8.02. The van der Waals surface area contributed by atoms with Gasteiger partial charge in [-0.3, -0.25) is 0 Å². The summed E-state index contributed by atoms with van der Waals surface area (Å²) in [6, 6.07) is 1.81. The summed E-state index contributed by atoms with van der Waals surface area (Å²) in [4.78, 5) is 8.66. The van der Waals surface area contributed by atoms with Crippen LogP contribution in [0.3, 0.4) is 0 Å². The van der Waals surface area contributed by atoms with Gasteiger partial charge in [0, 0.05) is 17.3 Å². The Labute approximate surface area is 116 Å². The summed E-state index contributed by atoms with van der Waals surface area (Å²) < 4.78 is 6.92. The van der Waals surface area contributed by atoms with E-state index in [2.05, 4.69) is 41.8 Å². The van der Waals surface area contributed by atoms with Crippen molar-refractivity contribution in [3.63, 3.8) is 0 Å². The highest BCUT2D eigenvalue weighted by Gasteiger charge is 2.14. The predicted octanol–water partition coefficient (Wildman–Crippen LogP) is 3.71. The number of anilines is 1. The summed E-state index contributed by atoms with van der Waals surface area (Å²) in [7, 11) is 0. The molecule has 2 N–H and O–H groups in total. The third-order valence-electron chi connectivity index (χ3n) is 2.46. The maximum absolute atomic E-state index is 5.90. The average molecular weight is 361 g/mol. The number of halogens is 2. The topological polar surface area (TPSA) is 64.9 Å². The van der Waals surface area contributed by atoms with E-state index in [0.717, 1.165) is 22.2 Å². The van der Waals surface area contributed by atoms with Crippen LogP contribution in [0.25, 0.3) is 11.6 Å². The molecule has 0 fully saturated rings. The van der Waals surface area contributed by atoms with Gasteiger partial charge in [0.2, 0.25) is 0 Å². The van der Waals surface area contributed by atoms with E-state index in [9.17, 15) is 0 Å². The lowest BCUT2D eigenvalue weighted by atomic mass is 10.1. The zero-order valence-corrected chi connectivity index (χ0v) is 12.6. The molecule has 0 aliphatic heterocycles. The van der Waals surface area contributed by atoms with Crippen LogP contribution in [0, 0.1) is 6.92 Å². The summed E-state index contributed by atoms with van der Waals surface area (Å²) in [6.45, 7) is 3.95. The van der Waals surface area contributed by atoms with Gasteiger partial charge in [-0.2, -0.15) is 0 Å². The number of aromatic nitrogens is 2. The van der Waals surface area contributed by atoms with E-state index in [1.807, 2.05) is 19.9 Å². The summed E-state index contributed by atoms with van der Waals surface area (Å²) in [5.41, 5.74) is 7.77. The molecule has 0 amide bonds. The second-order valence-corrected chi connectivity index (χ2v) is 5.16. The van der Waals surface area contributed by atoms with Gasteiger partial charge in [0.25, 0.3) is 0 Å². The van der Waals surface area contributed by atoms with E-state index in [1.165, 1.54) is 0 Å². The van der Waals surface area contributed by atoms with Crippen molar-refractivity contribution in [1.29, 1.82) is 0 Å². The smallest absolute Gasteiger partial charge is 0.197 e. The zero-order chi connectivity index (χ0) is 12.6. The fraction of sp³-hybridized carbons (Fsp3) is 0.273. The van der Waals surface area contributed by atoms with Crippen LogP contribution < -0.4 is 5.73 Å². The Bertz CT molecular complexity index is 523. The third kappa shape index (κ3) is 2.37. The third-order valence-corrected chi connectivity index (χ3v) is 4.18. The van der Waals surface area contributed by atoms with Gasteiger partial charge in [-0.25, -0.2) is 9.97 Å². The number of nitrogens with zero attached hydrogens (tertiary/aromatic N) is 2. The van der Waals surface area contributed by atoms with E-state index in [1.54, 1.807) is 0 Å². The molecule has 17 heavy (non-hydrogen) atoms. The van der Waals surface area contributed by atoms with Crippen molar-refractivity contribution in [3.05, 3.63) is 26.5 Å². The Morgan fingerprint density at radius 1 is 1.35 bits per heavy atom. The lowest BCUT2D eigenvalue weighted by Gasteiger charge is -2.06. The molecule has 2 aromatic heterocycles. The maximum atomic E-state index is 5.90. The molecule has 4 nitrogen and oxygen atoms in total. The van der Waals surface area contributed by atoms with Crippen LogP contribution in [0.1, 0.15) is 18.2 Å². The molecule has 90 valence electrons. The Morgan fingerprint density at radius 3 is 2.53 bits per heavy atom. The standard InChI is InChI=1S/C11H11Br2N3O/c1-3-6-5(2)15-11(16-10(6)14)8-4-7(12)9(13)17-8/h4H,3H2,1-2H3,(H2,14,15,16). The van der Waals surface area contributed by atoms with Gasteiger partial charge in [0.1, 0.15) is 5.82 Å². The van der Waals surface area contributed by atoms with Crippen molar-refractivity contribution in [2.45, 2.75) is 20.3 Å². The van der Waals surface area contributed by atoms with E-state index in [0.29, 0.717) is 22.1 Å². The highest BCUT2D eigenvalue weighted by molar-refractivity contribution is 9.13. The van der Waals surface area contributed by atoms with Crippen LogP contribution in [0.4, 0.5) is 5.82 Å². The fourth-order valence-electron chi connectivity index (χ4n) is 1.62. The highest BCUT2D eigenvalue weighted by Crippen LogP contribution is 2.32. The zero-order valence-electron chi connectivity index (χ0n) is 9.42. The lowest BCUT2D eigenvalue weighted by Crippen LogP contribution is -2.04. The van der Waals surface area contributed by atoms with Crippen molar-refractivity contribution >= 4 is 37.7 Å². The Balaban J connectivity index is 2.54. The molecule has 0 bridgehead atoms. The second-order valence-electron chi connectivity index (χ2n) is 3.58. The molecule has 2 heterocycles. The minimum atomic E-state index is 0.503. The van der Waals surface area contributed by atoms with E-state index in [-0.39, 0.29) is 0 Å². The number of furan rings is 1. The van der Waals surface area contributed by atoms with Crippen LogP contribution in [-0.4, -0.2) is 9.97 Å². The largest absolute Gasteiger partial charge is 0.445 e. The van der Waals surface area contributed by atoms with Crippen molar-refractivity contribution in [3.8, 4) is 11.6 Å². The van der Waals surface area contributed by atoms with Gasteiger partial charge in [0.05, 0.1) is 4.47 Å². The minimum absolute atomic E-state index is 0.503. The van der Waals surface area contributed by atoms with E-state index in [4.69, 9.17) is 10.2 Å². The Hall–Kier alpha value is -0.880. The predicted molar refractivity (Wildman–Crippen MR) is 73.7 cm³/mol. The first-order valence-corrected chi connectivity index (χ1v) is 6.69. The quantitative estimate of drug-likeness (QED) is 0.886. The number of hydrogen-bond acceptors (Lipinski definition) is 4. The summed E-state index contributed by atoms with van der Waals surface area (Å²) in [5, 5.41) is 0. The van der Waals surface area contributed by atoms with Gasteiger partial charge in [-0.15, -0.1) is 0 Å². The molecule has 0 atom stereocenters. The van der Waals surface area contributed by atoms with Crippen molar-refractivity contribution in [1.82, 2.24) is 9.97 Å². The molecule has 0 aliphatic carbocycles. The van der Waals surface area contributed by atoms with Gasteiger partial charge in [-0.1, -0.05) is 6.92 Å². The molecular weight excluding hydrogens is 350 g/mol. The van der Waals surface area contributed by atoms with Crippen molar-refractivity contribution in [2.24, 2.45) is 0 Å². The summed E-state index contributed by atoms with van der Waals surface area (Å²) in [5.74, 6) is 1.60. The number of hydrogen-bond donors (Lipinski definition) is 1. The van der Waals surface area contributed by atoms with Crippen molar-refractivity contribution in [2.75, 3.05) is 5.73 Å². The minimum Gasteiger partial charge on any atom is -0.445 e. The molecule has 0 aromatic carbocycles. The van der Waals surface area contributed by atoms with Crippen LogP contribution in [-0.2, 0) is 6.42 Å². The molecule has 0 unspecified atom stereocenters.